The Morgan fingerprint density at radius 3 is 2.32 bits per heavy atom. The Balaban J connectivity index is 3.24. The molecule has 7 nitrogen and oxygen atoms in total. The highest BCUT2D eigenvalue weighted by Gasteiger charge is 2.33. The van der Waals surface area contributed by atoms with Crippen LogP contribution in [-0.4, -0.2) is 47.5 Å². The third-order valence-corrected chi connectivity index (χ3v) is 4.79. The van der Waals surface area contributed by atoms with Crippen LogP contribution in [0, 0.1) is 13.8 Å². The molecule has 1 aromatic carbocycles. The monoisotopic (exact) mass is 433 g/mol. The molecule has 3 amide bonds. The Hall–Kier alpha value is -2.57. The summed E-state index contributed by atoms with van der Waals surface area (Å²) < 4.78 is 5.23. The molecule has 2 N–H and O–H groups in total. The van der Waals surface area contributed by atoms with Gasteiger partial charge in [-0.25, -0.2) is 4.79 Å². The summed E-state index contributed by atoms with van der Waals surface area (Å²) in [6.45, 7) is 15.2. The van der Waals surface area contributed by atoms with Gasteiger partial charge in [-0.1, -0.05) is 31.5 Å². The number of hydrogen-bond donors (Lipinski definition) is 2. The fourth-order valence-corrected chi connectivity index (χ4v) is 3.17. The van der Waals surface area contributed by atoms with E-state index in [4.69, 9.17) is 4.74 Å². The second-order valence-corrected chi connectivity index (χ2v) is 9.15. The van der Waals surface area contributed by atoms with Gasteiger partial charge in [-0.2, -0.15) is 0 Å². The number of ether oxygens (including phenoxy) is 1. The molecule has 0 fully saturated rings. The van der Waals surface area contributed by atoms with Crippen LogP contribution >= 0.6 is 0 Å². The maximum absolute atomic E-state index is 13.2. The van der Waals surface area contributed by atoms with Crippen molar-refractivity contribution in [2.75, 3.05) is 13.1 Å². The molecule has 0 bridgehead atoms. The highest BCUT2D eigenvalue weighted by molar-refractivity contribution is 5.90. The summed E-state index contributed by atoms with van der Waals surface area (Å²) in [4.78, 5) is 40.0. The highest BCUT2D eigenvalue weighted by Crippen LogP contribution is 2.27. The third kappa shape index (κ3) is 8.59. The van der Waals surface area contributed by atoms with Crippen LogP contribution in [0.4, 0.5) is 4.79 Å². The van der Waals surface area contributed by atoms with E-state index in [1.54, 1.807) is 25.7 Å². The molecule has 1 rings (SSSR count). The Morgan fingerprint density at radius 1 is 1.13 bits per heavy atom. The smallest absolute Gasteiger partial charge is 0.408 e. The van der Waals surface area contributed by atoms with Crippen LogP contribution in [0.15, 0.2) is 18.2 Å². The molecule has 0 radical (unpaired) electrons. The number of nitrogens with one attached hydrogen (secondary N) is 2. The van der Waals surface area contributed by atoms with Crippen LogP contribution in [-0.2, 0) is 14.3 Å². The average Bonchev–Trinajstić information content (AvgIpc) is 2.64. The number of carbonyl (C=O) groups excluding carboxylic acids is 3. The zero-order valence-electron chi connectivity index (χ0n) is 20.3. The molecule has 0 aromatic heterocycles. The van der Waals surface area contributed by atoms with E-state index in [0.29, 0.717) is 6.54 Å². The van der Waals surface area contributed by atoms with Gasteiger partial charge in [0, 0.05) is 12.6 Å². The van der Waals surface area contributed by atoms with E-state index in [1.165, 1.54) is 0 Å². The van der Waals surface area contributed by atoms with Crippen molar-refractivity contribution >= 4 is 17.9 Å². The number of nitrogens with zero attached hydrogens (tertiary/aromatic N) is 1. The molecule has 1 atom stereocenters. The fraction of sp³-hybridized carbons (Fsp3) is 0.625. The van der Waals surface area contributed by atoms with Crippen LogP contribution in [0.1, 0.15) is 77.1 Å². The van der Waals surface area contributed by atoms with E-state index in [1.807, 2.05) is 52.8 Å². The highest BCUT2D eigenvalue weighted by atomic mass is 16.6. The topological polar surface area (TPSA) is 87.7 Å². The molecule has 0 saturated carbocycles. The van der Waals surface area contributed by atoms with Gasteiger partial charge in [0.25, 0.3) is 0 Å². The summed E-state index contributed by atoms with van der Waals surface area (Å²) >= 11 is 0. The summed E-state index contributed by atoms with van der Waals surface area (Å²) in [5.74, 6) is -0.561. The van der Waals surface area contributed by atoms with Gasteiger partial charge in [0.2, 0.25) is 11.8 Å². The Bertz CT molecular complexity index is 769. The quantitative estimate of drug-likeness (QED) is 0.616. The number of amides is 3. The van der Waals surface area contributed by atoms with Gasteiger partial charge in [-0.3, -0.25) is 9.59 Å². The predicted octanol–water partition coefficient (Wildman–Crippen LogP) is 4.02. The third-order valence-electron chi connectivity index (χ3n) is 4.79. The van der Waals surface area contributed by atoms with Crippen molar-refractivity contribution in [1.29, 1.82) is 0 Å². The number of aryl methyl sites for hydroxylation is 1. The number of hydrogen-bond acceptors (Lipinski definition) is 4. The molecule has 174 valence electrons. The van der Waals surface area contributed by atoms with Crippen molar-refractivity contribution < 1.29 is 19.1 Å². The molecule has 1 unspecified atom stereocenters. The van der Waals surface area contributed by atoms with E-state index >= 15 is 0 Å². The molecule has 0 saturated heterocycles. The first-order valence-electron chi connectivity index (χ1n) is 11.0. The standard InChI is InChI=1S/C24H39N3O4/c1-9-10-14-27(20(28)15-25-23(30)31-24(6,7)8)21(22(29)26-16(2)3)19-13-11-12-17(4)18(19)5/h11-13,16,21H,9-10,14-15H2,1-8H3,(H,25,30)(H,26,29). The molecule has 0 spiro atoms. The molecule has 0 aliphatic rings. The SMILES string of the molecule is CCCCN(C(=O)CNC(=O)OC(C)(C)C)C(C(=O)NC(C)C)c1cccc(C)c1C. The first-order valence-corrected chi connectivity index (χ1v) is 11.0. The van der Waals surface area contributed by atoms with Gasteiger partial charge in [-0.15, -0.1) is 0 Å². The first kappa shape index (κ1) is 26.5. The normalized spacial score (nSPS) is 12.3. The Labute approximate surface area is 186 Å². The van der Waals surface area contributed by atoms with Gasteiger partial charge >= 0.3 is 6.09 Å². The number of alkyl carbamates (subject to hydrolysis) is 1. The van der Waals surface area contributed by atoms with Crippen LogP contribution in [0.2, 0.25) is 0 Å². The number of unbranched alkanes of at least 4 members (excludes halogenated alkanes) is 1. The Morgan fingerprint density at radius 2 is 1.77 bits per heavy atom. The molecule has 0 aliphatic heterocycles. The second-order valence-electron chi connectivity index (χ2n) is 9.15. The minimum atomic E-state index is -0.776. The van der Waals surface area contributed by atoms with Crippen LogP contribution in [0.5, 0.6) is 0 Å². The van der Waals surface area contributed by atoms with Gasteiger partial charge in [0.05, 0.1) is 0 Å². The van der Waals surface area contributed by atoms with Gasteiger partial charge in [0.15, 0.2) is 0 Å². The van der Waals surface area contributed by atoms with Crippen LogP contribution in [0.3, 0.4) is 0 Å². The zero-order valence-corrected chi connectivity index (χ0v) is 20.3. The van der Waals surface area contributed by atoms with Gasteiger partial charge < -0.3 is 20.3 Å². The summed E-state index contributed by atoms with van der Waals surface area (Å²) in [5.41, 5.74) is 2.16. The lowest BCUT2D eigenvalue weighted by molar-refractivity contribution is -0.140. The van der Waals surface area contributed by atoms with Crippen molar-refractivity contribution in [2.45, 2.75) is 85.9 Å². The molecule has 0 aliphatic carbocycles. The lowest BCUT2D eigenvalue weighted by Gasteiger charge is -2.33. The maximum Gasteiger partial charge on any atom is 0.408 e. The van der Waals surface area contributed by atoms with E-state index < -0.39 is 17.7 Å². The average molecular weight is 434 g/mol. The number of rotatable bonds is 9. The lowest BCUT2D eigenvalue weighted by atomic mass is 9.95. The largest absolute Gasteiger partial charge is 0.444 e. The summed E-state index contributed by atoms with van der Waals surface area (Å²) in [6, 6.07) is 4.93. The van der Waals surface area contributed by atoms with Crippen molar-refractivity contribution in [1.82, 2.24) is 15.5 Å². The summed E-state index contributed by atoms with van der Waals surface area (Å²) in [6.07, 6.45) is 0.953. The fourth-order valence-electron chi connectivity index (χ4n) is 3.17. The van der Waals surface area contributed by atoms with E-state index in [9.17, 15) is 14.4 Å². The van der Waals surface area contributed by atoms with Gasteiger partial charge in [-0.05, 0) is 71.6 Å². The first-order chi connectivity index (χ1) is 14.4. The molecular weight excluding hydrogens is 394 g/mol. The number of carbonyl (C=O) groups is 3. The van der Waals surface area contributed by atoms with Crippen LogP contribution < -0.4 is 10.6 Å². The maximum atomic E-state index is 13.2. The second kappa shape index (κ2) is 11.7. The summed E-state index contributed by atoms with van der Waals surface area (Å²) in [5, 5.41) is 5.47. The van der Waals surface area contributed by atoms with Crippen molar-refractivity contribution in [2.24, 2.45) is 0 Å². The number of benzene rings is 1. The van der Waals surface area contributed by atoms with Crippen molar-refractivity contribution in [3.63, 3.8) is 0 Å². The minimum absolute atomic E-state index is 0.0665. The molecule has 1 aromatic rings. The summed E-state index contributed by atoms with van der Waals surface area (Å²) in [7, 11) is 0. The predicted molar refractivity (Wildman–Crippen MR) is 123 cm³/mol. The van der Waals surface area contributed by atoms with E-state index in [2.05, 4.69) is 10.6 Å². The van der Waals surface area contributed by atoms with Crippen LogP contribution in [0.25, 0.3) is 0 Å². The van der Waals surface area contributed by atoms with E-state index in [0.717, 1.165) is 29.5 Å². The van der Waals surface area contributed by atoms with Crippen molar-refractivity contribution in [3.05, 3.63) is 34.9 Å². The lowest BCUT2D eigenvalue weighted by Crippen LogP contribution is -2.49. The zero-order chi connectivity index (χ0) is 23.8. The van der Waals surface area contributed by atoms with Gasteiger partial charge in [0.1, 0.15) is 18.2 Å². The molecular formula is C24H39N3O4. The molecule has 31 heavy (non-hydrogen) atoms. The molecule has 0 heterocycles. The Kier molecular flexibility index (Phi) is 10.0. The molecule has 7 heteroatoms. The van der Waals surface area contributed by atoms with E-state index in [-0.39, 0.29) is 24.4 Å². The van der Waals surface area contributed by atoms with Crippen molar-refractivity contribution in [3.8, 4) is 0 Å². The minimum Gasteiger partial charge on any atom is -0.444 e.